The Hall–Kier alpha value is -1.06. The predicted molar refractivity (Wildman–Crippen MR) is 49.1 cm³/mol. The number of unbranched alkanes of at least 4 members (excludes halogenated alkanes) is 1. The van der Waals surface area contributed by atoms with Crippen molar-refractivity contribution in [3.05, 3.63) is 0 Å². The molecule has 0 heterocycles. The van der Waals surface area contributed by atoms with Gasteiger partial charge in [0, 0.05) is 11.0 Å². The van der Waals surface area contributed by atoms with Gasteiger partial charge in [0.05, 0.1) is 11.2 Å². The molecule has 0 fully saturated rings. The van der Waals surface area contributed by atoms with Crippen LogP contribution < -0.4 is 5.32 Å². The lowest BCUT2D eigenvalue weighted by molar-refractivity contribution is -0.145. The number of esters is 1. The number of hydrogen-bond donors (Lipinski definition) is 1. The van der Waals surface area contributed by atoms with E-state index in [2.05, 4.69) is 4.74 Å². The van der Waals surface area contributed by atoms with Gasteiger partial charge in [0.15, 0.2) is 0 Å². The van der Waals surface area contributed by atoms with Gasteiger partial charge >= 0.3 is 5.97 Å². The number of hydrogen-bond acceptors (Lipinski definition) is 3. The van der Waals surface area contributed by atoms with Crippen molar-refractivity contribution in [2.24, 2.45) is 0 Å². The van der Waals surface area contributed by atoms with Crippen LogP contribution >= 0.6 is 0 Å². The molecule has 0 spiro atoms. The van der Waals surface area contributed by atoms with Crippen molar-refractivity contribution in [2.75, 3.05) is 7.04 Å². The fourth-order valence-corrected chi connectivity index (χ4v) is 0.887. The van der Waals surface area contributed by atoms with Crippen molar-refractivity contribution in [3.8, 4) is 0 Å². The molecule has 0 saturated heterocycles. The molecular weight excluding hydrogens is 170 g/mol. The van der Waals surface area contributed by atoms with Crippen LogP contribution in [0.15, 0.2) is 0 Å². The Kier molecular flexibility index (Phi) is 2.47. The van der Waals surface area contributed by atoms with Crippen LogP contribution in [0.25, 0.3) is 0 Å². The molecule has 0 rings (SSSR count). The van der Waals surface area contributed by atoms with Crippen LogP contribution in [0.4, 0.5) is 0 Å². The van der Waals surface area contributed by atoms with Crippen LogP contribution in [-0.4, -0.2) is 25.0 Å². The molecule has 0 aliphatic rings. The maximum atomic E-state index is 11.5. The number of carbonyl (C=O) groups is 2. The molecule has 0 aromatic rings. The molecule has 0 aliphatic carbocycles. The minimum Gasteiger partial charge on any atom is -0.467 e. The van der Waals surface area contributed by atoms with Crippen molar-refractivity contribution in [3.63, 3.8) is 0 Å². The quantitative estimate of drug-likeness (QED) is 0.659. The summed E-state index contributed by atoms with van der Waals surface area (Å²) in [5.74, 6) is -2.47. The molecule has 0 bridgehead atoms. The summed E-state index contributed by atoms with van der Waals surface area (Å²) >= 11 is 0. The van der Waals surface area contributed by atoms with Crippen molar-refractivity contribution < 1.29 is 22.6 Å². The fraction of sp³-hybridized carbons (Fsp3) is 0.778. The molecular formula is C9H17NO3. The summed E-state index contributed by atoms with van der Waals surface area (Å²) in [6.07, 6.45) is 1.33. The Morgan fingerprint density at radius 2 is 2.38 bits per heavy atom. The smallest absolute Gasteiger partial charge is 0.328 e. The Bertz CT molecular complexity index is 325. The van der Waals surface area contributed by atoms with Gasteiger partial charge in [0.1, 0.15) is 6.04 Å². The van der Waals surface area contributed by atoms with E-state index in [1.165, 1.54) is 0 Å². The SMILES string of the molecule is [2H]C([2H])([2H])OC(=O)[C@H](CCCC)NC(=O)C([2H])([2H])[2H]. The number of amides is 1. The molecule has 1 atom stereocenters. The third-order valence-electron chi connectivity index (χ3n) is 1.54. The topological polar surface area (TPSA) is 55.4 Å². The van der Waals surface area contributed by atoms with E-state index in [1.54, 1.807) is 0 Å². The van der Waals surface area contributed by atoms with E-state index in [1.807, 2.05) is 12.2 Å². The Balaban J connectivity index is 4.72. The van der Waals surface area contributed by atoms with Gasteiger partial charge in [-0.1, -0.05) is 19.8 Å². The van der Waals surface area contributed by atoms with E-state index in [9.17, 15) is 9.59 Å². The standard InChI is InChI=1S/C9H17NO3/c1-4-5-6-8(9(12)13-3)10-7(2)11/h8H,4-6H2,1-3H3,(H,10,11)/t8-/m0/s1/i2D3,3D3. The lowest BCUT2D eigenvalue weighted by atomic mass is 10.1. The molecule has 4 heteroatoms. The van der Waals surface area contributed by atoms with Crippen molar-refractivity contribution in [1.82, 2.24) is 5.32 Å². The zero-order chi connectivity index (χ0) is 15.3. The van der Waals surface area contributed by atoms with Gasteiger partial charge in [-0.3, -0.25) is 4.79 Å². The third-order valence-corrected chi connectivity index (χ3v) is 1.54. The molecule has 1 amide bonds. The Morgan fingerprint density at radius 3 is 2.92 bits per heavy atom. The number of rotatable bonds is 5. The van der Waals surface area contributed by atoms with E-state index < -0.39 is 31.8 Å². The Morgan fingerprint density at radius 1 is 1.62 bits per heavy atom. The fourth-order valence-electron chi connectivity index (χ4n) is 0.887. The highest BCUT2D eigenvalue weighted by Crippen LogP contribution is 2.02. The van der Waals surface area contributed by atoms with E-state index in [4.69, 9.17) is 8.22 Å². The highest BCUT2D eigenvalue weighted by Gasteiger charge is 2.18. The highest BCUT2D eigenvalue weighted by molar-refractivity contribution is 5.83. The summed E-state index contributed by atoms with van der Waals surface area (Å²) < 4.78 is 45.2. The molecule has 76 valence electrons. The largest absolute Gasteiger partial charge is 0.467 e. The molecule has 0 aromatic heterocycles. The van der Waals surface area contributed by atoms with Crippen LogP contribution in [-0.2, 0) is 14.3 Å². The molecule has 0 saturated carbocycles. The average Bonchev–Trinajstić information content (AvgIpc) is 2.19. The highest BCUT2D eigenvalue weighted by atomic mass is 16.5. The number of carbonyl (C=O) groups excluding carboxylic acids is 2. The lowest BCUT2D eigenvalue weighted by Gasteiger charge is -2.14. The zero-order valence-electron chi connectivity index (χ0n) is 13.4. The molecule has 0 aliphatic heterocycles. The van der Waals surface area contributed by atoms with Crippen LogP contribution in [0.2, 0.25) is 0 Å². The zero-order valence-corrected chi connectivity index (χ0v) is 7.42. The van der Waals surface area contributed by atoms with Crippen LogP contribution in [0.3, 0.4) is 0 Å². The van der Waals surface area contributed by atoms with E-state index in [-0.39, 0.29) is 6.42 Å². The molecule has 13 heavy (non-hydrogen) atoms. The summed E-state index contributed by atoms with van der Waals surface area (Å²) in [5, 5.41) is 1.99. The minimum absolute atomic E-state index is 0.118. The predicted octanol–water partition coefficient (Wildman–Crippen LogP) is 0.854. The lowest BCUT2D eigenvalue weighted by Crippen LogP contribution is -2.40. The summed E-state index contributed by atoms with van der Waals surface area (Å²) in [7, 11) is -2.92. The van der Waals surface area contributed by atoms with Gasteiger partial charge in [-0.2, -0.15) is 0 Å². The first-order valence-corrected chi connectivity index (χ1v) is 4.01. The summed E-state index contributed by atoms with van der Waals surface area (Å²) in [5.41, 5.74) is 0. The Labute approximate surface area is 87.1 Å². The van der Waals surface area contributed by atoms with Crippen molar-refractivity contribution in [2.45, 2.75) is 39.1 Å². The van der Waals surface area contributed by atoms with Gasteiger partial charge < -0.3 is 10.1 Å². The van der Waals surface area contributed by atoms with Gasteiger partial charge in [0.25, 0.3) is 0 Å². The minimum atomic E-state index is -2.92. The monoisotopic (exact) mass is 193 g/mol. The second kappa shape index (κ2) is 6.46. The van der Waals surface area contributed by atoms with Gasteiger partial charge in [-0.05, 0) is 6.42 Å². The molecule has 0 radical (unpaired) electrons. The molecule has 4 nitrogen and oxygen atoms in total. The first-order chi connectivity index (χ1) is 8.47. The van der Waals surface area contributed by atoms with E-state index in [0.717, 1.165) is 0 Å². The molecule has 0 unspecified atom stereocenters. The third kappa shape index (κ3) is 5.22. The number of methoxy groups -OCH3 is 1. The normalized spacial score (nSPS) is 20.7. The first-order valence-electron chi connectivity index (χ1n) is 7.01. The van der Waals surface area contributed by atoms with E-state index in [0.29, 0.717) is 12.8 Å². The average molecular weight is 193 g/mol. The van der Waals surface area contributed by atoms with Crippen molar-refractivity contribution >= 4 is 11.9 Å². The number of nitrogens with one attached hydrogen (secondary N) is 1. The summed E-state index contributed by atoms with van der Waals surface area (Å²) in [6.45, 7) is -1.07. The van der Waals surface area contributed by atoms with Crippen molar-refractivity contribution in [1.29, 1.82) is 0 Å². The van der Waals surface area contributed by atoms with Gasteiger partial charge in [-0.15, -0.1) is 0 Å². The van der Waals surface area contributed by atoms with Gasteiger partial charge in [-0.25, -0.2) is 4.79 Å². The second-order valence-electron chi connectivity index (χ2n) is 2.59. The second-order valence-corrected chi connectivity index (χ2v) is 2.59. The van der Waals surface area contributed by atoms with Gasteiger partial charge in [0.2, 0.25) is 5.91 Å². The molecule has 0 aromatic carbocycles. The maximum Gasteiger partial charge on any atom is 0.328 e. The number of ether oxygens (including phenoxy) is 1. The van der Waals surface area contributed by atoms with E-state index >= 15 is 0 Å². The van der Waals surface area contributed by atoms with Crippen LogP contribution in [0.1, 0.15) is 41.3 Å². The maximum absolute atomic E-state index is 11.5. The summed E-state index contributed by atoms with van der Waals surface area (Å²) in [6, 6.07) is -1.27. The first kappa shape index (κ1) is 4.98. The van der Waals surface area contributed by atoms with Crippen LogP contribution in [0.5, 0.6) is 0 Å². The molecule has 1 N–H and O–H groups in total. The summed E-state index contributed by atoms with van der Waals surface area (Å²) in [4.78, 5) is 22.8. The van der Waals surface area contributed by atoms with Crippen LogP contribution in [0, 0.1) is 0 Å².